The minimum Gasteiger partial charge on any atom is -0.441 e. The van der Waals surface area contributed by atoms with Gasteiger partial charge in [0.15, 0.2) is 17.7 Å². The summed E-state index contributed by atoms with van der Waals surface area (Å²) in [4.78, 5) is 4.33. The SMILES string of the molecule is Cc1c(-c2cc(-c3ccc4nc(CC(C)(C)C(F)(F)F)oc4c3)cc[n+]2C)cc(C(C)(C)C)c2ccccc12. The molecule has 0 aliphatic carbocycles. The Morgan fingerprint density at radius 1 is 0.846 bits per heavy atom. The van der Waals surface area contributed by atoms with E-state index in [0.717, 1.165) is 16.8 Å². The molecule has 0 bridgehead atoms. The predicted octanol–water partition coefficient (Wildman–Crippen LogP) is 8.88. The number of oxazole rings is 1. The first-order valence-electron chi connectivity index (χ1n) is 13.2. The molecular formula is C33H34F3N2O+. The number of halogens is 3. The molecule has 2 aromatic heterocycles. The summed E-state index contributed by atoms with van der Waals surface area (Å²) < 4.78 is 48.1. The average molecular weight is 532 g/mol. The molecule has 5 aromatic rings. The van der Waals surface area contributed by atoms with Gasteiger partial charge in [0.05, 0.1) is 5.41 Å². The minimum absolute atomic E-state index is 0.0338. The molecule has 0 atom stereocenters. The Bertz CT molecular complexity index is 1700. The van der Waals surface area contributed by atoms with Gasteiger partial charge in [0, 0.05) is 24.1 Å². The molecule has 0 amide bonds. The second-order valence-electron chi connectivity index (χ2n) is 12.2. The second kappa shape index (κ2) is 9.22. The van der Waals surface area contributed by atoms with E-state index in [1.54, 1.807) is 0 Å². The molecule has 0 spiro atoms. The van der Waals surface area contributed by atoms with E-state index in [9.17, 15) is 13.2 Å². The van der Waals surface area contributed by atoms with Gasteiger partial charge in [-0.25, -0.2) is 9.55 Å². The predicted molar refractivity (Wildman–Crippen MR) is 151 cm³/mol. The van der Waals surface area contributed by atoms with Crippen LogP contribution in [-0.4, -0.2) is 11.2 Å². The Balaban J connectivity index is 1.60. The summed E-state index contributed by atoms with van der Waals surface area (Å²) in [6.07, 6.45) is -2.62. The van der Waals surface area contributed by atoms with E-state index >= 15 is 0 Å². The zero-order valence-electron chi connectivity index (χ0n) is 23.5. The van der Waals surface area contributed by atoms with Crippen LogP contribution in [0.5, 0.6) is 0 Å². The van der Waals surface area contributed by atoms with Crippen molar-refractivity contribution in [2.45, 2.75) is 59.6 Å². The van der Waals surface area contributed by atoms with Gasteiger partial charge in [0.25, 0.3) is 0 Å². The van der Waals surface area contributed by atoms with E-state index in [1.807, 2.05) is 37.5 Å². The third-order valence-corrected chi connectivity index (χ3v) is 7.67. The summed E-state index contributed by atoms with van der Waals surface area (Å²) in [6, 6.07) is 20.7. The van der Waals surface area contributed by atoms with Gasteiger partial charge in [-0.3, -0.25) is 0 Å². The molecule has 0 saturated carbocycles. The van der Waals surface area contributed by atoms with Crippen molar-refractivity contribution >= 4 is 21.9 Å². The van der Waals surface area contributed by atoms with Crippen molar-refractivity contribution in [3.05, 3.63) is 83.9 Å². The third-order valence-electron chi connectivity index (χ3n) is 7.67. The second-order valence-corrected chi connectivity index (χ2v) is 12.2. The summed E-state index contributed by atoms with van der Waals surface area (Å²) in [5, 5.41) is 2.51. The van der Waals surface area contributed by atoms with Gasteiger partial charge >= 0.3 is 6.18 Å². The molecule has 6 heteroatoms. The van der Waals surface area contributed by atoms with Crippen molar-refractivity contribution < 1.29 is 22.2 Å². The molecule has 3 aromatic carbocycles. The number of rotatable bonds is 4. The first kappa shape index (κ1) is 26.9. The van der Waals surface area contributed by atoms with Crippen LogP contribution >= 0.6 is 0 Å². The van der Waals surface area contributed by atoms with Crippen LogP contribution in [0.4, 0.5) is 13.2 Å². The van der Waals surface area contributed by atoms with E-state index in [1.165, 1.54) is 41.3 Å². The zero-order chi connectivity index (χ0) is 28.3. The van der Waals surface area contributed by atoms with Crippen LogP contribution in [0.2, 0.25) is 0 Å². The monoisotopic (exact) mass is 531 g/mol. The van der Waals surface area contributed by atoms with Crippen LogP contribution in [0.3, 0.4) is 0 Å². The lowest BCUT2D eigenvalue weighted by Crippen LogP contribution is -2.34. The first-order chi connectivity index (χ1) is 18.2. The first-order valence-corrected chi connectivity index (χ1v) is 13.2. The van der Waals surface area contributed by atoms with E-state index in [4.69, 9.17) is 4.42 Å². The van der Waals surface area contributed by atoms with Crippen molar-refractivity contribution in [3.8, 4) is 22.4 Å². The smallest absolute Gasteiger partial charge is 0.394 e. The molecular weight excluding hydrogens is 497 g/mol. The van der Waals surface area contributed by atoms with Crippen molar-refractivity contribution in [1.29, 1.82) is 0 Å². The zero-order valence-corrected chi connectivity index (χ0v) is 23.5. The number of nitrogens with zero attached hydrogens (tertiary/aromatic N) is 2. The van der Waals surface area contributed by atoms with E-state index in [2.05, 4.69) is 73.6 Å². The summed E-state index contributed by atoms with van der Waals surface area (Å²) in [5.41, 5.74) is 5.72. The molecule has 0 aliphatic rings. The molecule has 2 heterocycles. The van der Waals surface area contributed by atoms with Gasteiger partial charge in [-0.2, -0.15) is 13.2 Å². The summed E-state index contributed by atoms with van der Waals surface area (Å²) in [5.74, 6) is 0.0890. The highest BCUT2D eigenvalue weighted by molar-refractivity contribution is 5.94. The van der Waals surface area contributed by atoms with Crippen LogP contribution < -0.4 is 4.57 Å². The van der Waals surface area contributed by atoms with Crippen LogP contribution in [0.25, 0.3) is 44.3 Å². The highest BCUT2D eigenvalue weighted by Crippen LogP contribution is 2.41. The molecule has 0 N–H and O–H groups in total. The van der Waals surface area contributed by atoms with Gasteiger partial charge in [0.2, 0.25) is 5.69 Å². The molecule has 0 unspecified atom stereocenters. The van der Waals surface area contributed by atoms with Crippen molar-refractivity contribution in [2.75, 3.05) is 0 Å². The molecule has 0 aliphatic heterocycles. The molecule has 0 radical (unpaired) electrons. The number of hydrogen-bond acceptors (Lipinski definition) is 2. The molecule has 39 heavy (non-hydrogen) atoms. The standard InChI is InChI=1S/C33H34F3N2O/c1-20-23-10-8-9-11-24(23)26(31(2,3)4)18-25(20)28-16-22(14-15-38(28)7)21-12-13-27-29(17-21)39-30(37-27)19-32(5,6)33(34,35)36/h8-18H,19H2,1-7H3/q+1. The molecule has 0 saturated heterocycles. The molecule has 5 rings (SSSR count). The van der Waals surface area contributed by atoms with E-state index in [-0.39, 0.29) is 17.7 Å². The Hall–Kier alpha value is -3.67. The van der Waals surface area contributed by atoms with Gasteiger partial charge in [-0.15, -0.1) is 0 Å². The Labute approximate surface area is 227 Å². The maximum absolute atomic E-state index is 13.4. The van der Waals surface area contributed by atoms with Crippen molar-refractivity contribution in [1.82, 2.24) is 4.98 Å². The molecule has 3 nitrogen and oxygen atoms in total. The quantitative estimate of drug-likeness (QED) is 0.217. The number of fused-ring (bicyclic) bond motifs is 2. The fourth-order valence-corrected chi connectivity index (χ4v) is 5.13. The largest absolute Gasteiger partial charge is 0.441 e. The number of pyridine rings is 1. The molecule has 0 fully saturated rings. The highest BCUT2D eigenvalue weighted by atomic mass is 19.4. The van der Waals surface area contributed by atoms with Crippen LogP contribution in [0.15, 0.2) is 71.3 Å². The lowest BCUT2D eigenvalue weighted by atomic mass is 9.80. The number of hydrogen-bond donors (Lipinski definition) is 0. The van der Waals surface area contributed by atoms with E-state index in [0.29, 0.717) is 11.1 Å². The van der Waals surface area contributed by atoms with Crippen molar-refractivity contribution in [2.24, 2.45) is 12.5 Å². The number of aromatic nitrogens is 2. The average Bonchev–Trinajstić information content (AvgIpc) is 3.24. The Morgan fingerprint density at radius 2 is 1.51 bits per heavy atom. The Morgan fingerprint density at radius 3 is 2.18 bits per heavy atom. The van der Waals surface area contributed by atoms with E-state index < -0.39 is 11.6 Å². The van der Waals surface area contributed by atoms with Crippen molar-refractivity contribution in [3.63, 3.8) is 0 Å². The topological polar surface area (TPSA) is 29.9 Å². The van der Waals surface area contributed by atoms with Gasteiger partial charge in [-0.05, 0) is 63.6 Å². The lowest BCUT2D eigenvalue weighted by Gasteiger charge is -2.25. The number of aryl methyl sites for hydroxylation is 2. The minimum atomic E-state index is -4.34. The Kier molecular flexibility index (Phi) is 6.36. The van der Waals surface area contributed by atoms with Gasteiger partial charge < -0.3 is 4.42 Å². The summed E-state index contributed by atoms with van der Waals surface area (Å²) in [7, 11) is 2.04. The fraction of sp³-hybridized carbons (Fsp3) is 0.333. The van der Waals surface area contributed by atoms with Gasteiger partial charge in [-0.1, -0.05) is 65.0 Å². The van der Waals surface area contributed by atoms with Crippen LogP contribution in [0.1, 0.15) is 51.6 Å². The lowest BCUT2D eigenvalue weighted by molar-refractivity contribution is -0.660. The number of alkyl halides is 3. The molecule has 202 valence electrons. The summed E-state index contributed by atoms with van der Waals surface area (Å²) >= 11 is 0. The maximum Gasteiger partial charge on any atom is 0.394 e. The third kappa shape index (κ3) is 4.93. The van der Waals surface area contributed by atoms with Crippen LogP contribution in [0, 0.1) is 12.3 Å². The maximum atomic E-state index is 13.4. The summed E-state index contributed by atoms with van der Waals surface area (Å²) in [6.45, 7) is 11.2. The van der Waals surface area contributed by atoms with Gasteiger partial charge in [0.1, 0.15) is 12.6 Å². The highest BCUT2D eigenvalue weighted by Gasteiger charge is 2.48. The fourth-order valence-electron chi connectivity index (χ4n) is 5.13. The number of benzene rings is 3. The van der Waals surface area contributed by atoms with Crippen LogP contribution in [-0.2, 0) is 18.9 Å². The normalized spacial score (nSPS) is 13.0.